The van der Waals surface area contributed by atoms with Gasteiger partial charge in [-0.15, -0.1) is 0 Å². The molecular formula is C16H26N2O2. The molecular weight excluding hydrogens is 252 g/mol. The minimum atomic E-state index is -0.557. The van der Waals surface area contributed by atoms with Crippen LogP contribution in [0.5, 0.6) is 0 Å². The third kappa shape index (κ3) is 2.23. The lowest BCUT2D eigenvalue weighted by molar-refractivity contribution is -0.154. The molecule has 2 saturated carbocycles. The summed E-state index contributed by atoms with van der Waals surface area (Å²) in [6.07, 6.45) is 7.15. The van der Waals surface area contributed by atoms with E-state index in [2.05, 4.69) is 19.2 Å². The Hall–Kier alpha value is -1.06. The van der Waals surface area contributed by atoms with Crippen LogP contribution in [0.4, 0.5) is 0 Å². The predicted octanol–water partition coefficient (Wildman–Crippen LogP) is 2.08. The molecule has 0 aromatic rings. The molecule has 1 heterocycles. The van der Waals surface area contributed by atoms with E-state index in [1.165, 1.54) is 12.8 Å². The van der Waals surface area contributed by atoms with Crippen molar-refractivity contribution in [2.24, 2.45) is 11.8 Å². The highest BCUT2D eigenvalue weighted by Crippen LogP contribution is 2.38. The molecule has 4 heteroatoms. The number of piperazine rings is 1. The number of carbonyl (C=O) groups is 2. The van der Waals surface area contributed by atoms with Crippen LogP contribution in [0, 0.1) is 11.8 Å². The zero-order valence-corrected chi connectivity index (χ0v) is 12.7. The van der Waals surface area contributed by atoms with Gasteiger partial charge in [-0.05, 0) is 43.9 Å². The fourth-order valence-corrected chi connectivity index (χ4v) is 4.56. The molecule has 1 saturated heterocycles. The fourth-order valence-electron chi connectivity index (χ4n) is 4.56. The van der Waals surface area contributed by atoms with Crippen LogP contribution in [0.15, 0.2) is 0 Å². The van der Waals surface area contributed by atoms with E-state index in [0.29, 0.717) is 5.92 Å². The average Bonchev–Trinajstić information content (AvgIpc) is 2.84. The van der Waals surface area contributed by atoms with Gasteiger partial charge in [-0.25, -0.2) is 0 Å². The van der Waals surface area contributed by atoms with Crippen LogP contribution in [0.25, 0.3) is 0 Å². The number of nitrogens with zero attached hydrogens (tertiary/aromatic N) is 1. The quantitative estimate of drug-likeness (QED) is 0.798. The Labute approximate surface area is 121 Å². The molecule has 3 rings (SSSR count). The monoisotopic (exact) mass is 278 g/mol. The zero-order valence-electron chi connectivity index (χ0n) is 12.7. The van der Waals surface area contributed by atoms with Gasteiger partial charge in [-0.2, -0.15) is 0 Å². The van der Waals surface area contributed by atoms with Crippen molar-refractivity contribution in [3.8, 4) is 0 Å². The molecule has 4 nitrogen and oxygen atoms in total. The first-order chi connectivity index (χ1) is 9.52. The van der Waals surface area contributed by atoms with Gasteiger partial charge < -0.3 is 10.2 Å². The molecule has 3 aliphatic rings. The Balaban J connectivity index is 1.81. The van der Waals surface area contributed by atoms with E-state index in [1.54, 1.807) is 0 Å². The SMILES string of the molecule is CC1CCC(N2CC(=O)NC3(CCCC3)C2=O)C(C)C1. The molecule has 1 aliphatic heterocycles. The number of carbonyl (C=O) groups excluding carboxylic acids is 2. The lowest BCUT2D eigenvalue weighted by Crippen LogP contribution is -2.68. The topological polar surface area (TPSA) is 49.4 Å². The third-order valence-corrected chi connectivity index (χ3v) is 5.61. The van der Waals surface area contributed by atoms with Gasteiger partial charge in [0.15, 0.2) is 0 Å². The smallest absolute Gasteiger partial charge is 0.249 e. The van der Waals surface area contributed by atoms with Gasteiger partial charge in [0.25, 0.3) is 0 Å². The van der Waals surface area contributed by atoms with Gasteiger partial charge in [0.1, 0.15) is 5.54 Å². The summed E-state index contributed by atoms with van der Waals surface area (Å²) in [6, 6.07) is 0.266. The maximum Gasteiger partial charge on any atom is 0.249 e. The normalized spacial score (nSPS) is 37.3. The number of rotatable bonds is 1. The predicted molar refractivity (Wildman–Crippen MR) is 77.0 cm³/mol. The average molecular weight is 278 g/mol. The van der Waals surface area contributed by atoms with Gasteiger partial charge in [0.2, 0.25) is 11.8 Å². The van der Waals surface area contributed by atoms with E-state index in [1.807, 2.05) is 4.90 Å². The molecule has 0 bridgehead atoms. The van der Waals surface area contributed by atoms with Crippen LogP contribution >= 0.6 is 0 Å². The minimum absolute atomic E-state index is 0.0392. The fraction of sp³-hybridized carbons (Fsp3) is 0.875. The summed E-state index contributed by atoms with van der Waals surface area (Å²) in [7, 11) is 0. The highest BCUT2D eigenvalue weighted by Gasteiger charge is 2.50. The number of hydrogen-bond donors (Lipinski definition) is 1. The van der Waals surface area contributed by atoms with E-state index < -0.39 is 5.54 Å². The van der Waals surface area contributed by atoms with E-state index in [9.17, 15) is 9.59 Å². The van der Waals surface area contributed by atoms with Crippen molar-refractivity contribution in [2.45, 2.75) is 70.4 Å². The van der Waals surface area contributed by atoms with E-state index >= 15 is 0 Å². The largest absolute Gasteiger partial charge is 0.340 e. The lowest BCUT2D eigenvalue weighted by Gasteiger charge is -2.47. The maximum absolute atomic E-state index is 12.9. The molecule has 3 atom stereocenters. The highest BCUT2D eigenvalue weighted by molar-refractivity contribution is 5.98. The van der Waals surface area contributed by atoms with Crippen LogP contribution in [0.2, 0.25) is 0 Å². The Morgan fingerprint density at radius 2 is 1.85 bits per heavy atom. The van der Waals surface area contributed by atoms with Crippen LogP contribution in [-0.2, 0) is 9.59 Å². The summed E-state index contributed by atoms with van der Waals surface area (Å²) in [4.78, 5) is 26.9. The highest BCUT2D eigenvalue weighted by atomic mass is 16.2. The maximum atomic E-state index is 12.9. The van der Waals surface area contributed by atoms with Crippen LogP contribution in [0.3, 0.4) is 0 Å². The molecule has 0 radical (unpaired) electrons. The van der Waals surface area contributed by atoms with Gasteiger partial charge in [0, 0.05) is 6.04 Å². The summed E-state index contributed by atoms with van der Waals surface area (Å²) in [6.45, 7) is 4.79. The zero-order chi connectivity index (χ0) is 14.3. The van der Waals surface area contributed by atoms with Gasteiger partial charge in [0.05, 0.1) is 6.54 Å². The van der Waals surface area contributed by atoms with Crippen molar-refractivity contribution in [1.82, 2.24) is 10.2 Å². The molecule has 1 N–H and O–H groups in total. The Kier molecular flexibility index (Phi) is 3.51. The van der Waals surface area contributed by atoms with Crippen molar-refractivity contribution >= 4 is 11.8 Å². The summed E-state index contributed by atoms with van der Waals surface area (Å²) >= 11 is 0. The molecule has 3 fully saturated rings. The summed E-state index contributed by atoms with van der Waals surface area (Å²) in [5, 5.41) is 3.00. The Bertz CT molecular complexity index is 415. The van der Waals surface area contributed by atoms with Crippen LogP contribution in [0.1, 0.15) is 58.8 Å². The summed E-state index contributed by atoms with van der Waals surface area (Å²) in [5.74, 6) is 1.49. The van der Waals surface area contributed by atoms with Crippen molar-refractivity contribution in [3.63, 3.8) is 0 Å². The van der Waals surface area contributed by atoms with Gasteiger partial charge in [-0.3, -0.25) is 9.59 Å². The van der Waals surface area contributed by atoms with E-state index in [4.69, 9.17) is 0 Å². The van der Waals surface area contributed by atoms with Crippen LogP contribution < -0.4 is 5.32 Å². The first kappa shape index (κ1) is 13.9. The lowest BCUT2D eigenvalue weighted by atomic mass is 9.78. The number of hydrogen-bond acceptors (Lipinski definition) is 2. The molecule has 0 aromatic carbocycles. The van der Waals surface area contributed by atoms with Gasteiger partial charge >= 0.3 is 0 Å². The molecule has 3 unspecified atom stereocenters. The second kappa shape index (κ2) is 5.05. The minimum Gasteiger partial charge on any atom is -0.340 e. The third-order valence-electron chi connectivity index (χ3n) is 5.61. The molecule has 112 valence electrons. The number of amides is 2. The summed E-state index contributed by atoms with van der Waals surface area (Å²) in [5.41, 5.74) is -0.557. The second-order valence-corrected chi connectivity index (χ2v) is 7.23. The second-order valence-electron chi connectivity index (χ2n) is 7.23. The van der Waals surface area contributed by atoms with E-state index in [-0.39, 0.29) is 24.4 Å². The van der Waals surface area contributed by atoms with Crippen molar-refractivity contribution < 1.29 is 9.59 Å². The van der Waals surface area contributed by atoms with Crippen molar-refractivity contribution in [2.75, 3.05) is 6.54 Å². The Morgan fingerprint density at radius 1 is 1.15 bits per heavy atom. The van der Waals surface area contributed by atoms with Crippen LogP contribution in [-0.4, -0.2) is 34.8 Å². The Morgan fingerprint density at radius 3 is 2.50 bits per heavy atom. The van der Waals surface area contributed by atoms with Gasteiger partial charge in [-0.1, -0.05) is 26.7 Å². The van der Waals surface area contributed by atoms with E-state index in [0.717, 1.165) is 38.0 Å². The molecule has 2 aliphatic carbocycles. The molecule has 0 aromatic heterocycles. The summed E-state index contributed by atoms with van der Waals surface area (Å²) < 4.78 is 0. The van der Waals surface area contributed by atoms with Crippen molar-refractivity contribution in [3.05, 3.63) is 0 Å². The first-order valence-electron chi connectivity index (χ1n) is 8.14. The molecule has 2 amide bonds. The molecule has 20 heavy (non-hydrogen) atoms. The standard InChI is InChI=1S/C16H26N2O2/c1-11-5-6-13(12(2)9-11)18-10-14(19)17-16(15(18)20)7-3-4-8-16/h11-13H,3-10H2,1-2H3,(H,17,19). The first-order valence-corrected chi connectivity index (χ1v) is 8.14. The van der Waals surface area contributed by atoms with Crippen molar-refractivity contribution in [1.29, 1.82) is 0 Å². The molecule has 1 spiro atoms. The number of nitrogens with one attached hydrogen (secondary N) is 1.